The van der Waals surface area contributed by atoms with E-state index in [1.54, 1.807) is 12.4 Å². The molecule has 0 spiro atoms. The van der Waals surface area contributed by atoms with Crippen molar-refractivity contribution in [1.82, 2.24) is 4.98 Å². The molecule has 1 nitrogen and oxygen atoms in total. The summed E-state index contributed by atoms with van der Waals surface area (Å²) in [6, 6.07) is 5.72. The average Bonchev–Trinajstić information content (AvgIpc) is 1.84. The molecule has 13 heavy (non-hydrogen) atoms. The van der Waals surface area contributed by atoms with Gasteiger partial charge in [-0.05, 0) is 12.1 Å². The van der Waals surface area contributed by atoms with E-state index in [0.717, 1.165) is 0 Å². The van der Waals surface area contributed by atoms with E-state index in [-0.39, 0.29) is 1.43 Å². The van der Waals surface area contributed by atoms with Crippen molar-refractivity contribution in [2.24, 2.45) is 0 Å². The monoisotopic (exact) mass is 315 g/mol. The number of hydrogen-bond acceptors (Lipinski definition) is 1. The van der Waals surface area contributed by atoms with Crippen LogP contribution in [0.15, 0.2) is 30.6 Å². The van der Waals surface area contributed by atoms with E-state index < -0.39 is 19.5 Å². The summed E-state index contributed by atoms with van der Waals surface area (Å²) in [5, 5.41) is 0. The van der Waals surface area contributed by atoms with E-state index in [1.807, 2.05) is 18.2 Å². The summed E-state index contributed by atoms with van der Waals surface area (Å²) in [5.74, 6) is 0. The molecule has 1 aromatic rings. The van der Waals surface area contributed by atoms with Crippen LogP contribution in [0.5, 0.6) is 0 Å². The number of halogens is 6. The normalized spacial score (nSPS) is 16.2. The summed E-state index contributed by atoms with van der Waals surface area (Å²) in [6.45, 7) is 0. The van der Waals surface area contributed by atoms with Gasteiger partial charge >= 0.3 is 37.8 Å². The van der Waals surface area contributed by atoms with E-state index in [2.05, 4.69) is 4.98 Å². The van der Waals surface area contributed by atoms with Gasteiger partial charge in [0, 0.05) is 12.4 Å². The van der Waals surface area contributed by atoms with Crippen LogP contribution < -0.4 is 0 Å². The Labute approximate surface area is 73.8 Å². The van der Waals surface area contributed by atoms with Crippen LogP contribution in [-0.2, 0) is 0 Å². The predicted octanol–water partition coefficient (Wildman–Crippen LogP) is 3.33. The van der Waals surface area contributed by atoms with Crippen LogP contribution in [0.4, 0.5) is 16.9 Å². The molecule has 0 aliphatic heterocycles. The maximum Gasteiger partial charge on any atom is 1.00 e. The zero-order valence-corrected chi connectivity index (χ0v) is 8.60. The summed E-state index contributed by atoms with van der Waals surface area (Å²) in [6.07, 6.45) is 3.50. The number of hydrogen-bond donors (Lipinski definition) is 0. The quantitative estimate of drug-likeness (QED) is 0.528. The standard InChI is InChI=1S/C5H5N.6FH.Sb/c1-2-4-6-5-3-1;;;;;;;/h1-5H;6*1H;/q;;;;;;;+5/p-5. The molecule has 0 N–H and O–H groups in total. The van der Waals surface area contributed by atoms with Gasteiger partial charge in [0.15, 0.2) is 0 Å². The molecule has 0 saturated heterocycles. The van der Waals surface area contributed by atoms with Gasteiger partial charge in [-0.1, -0.05) is 6.07 Å². The summed E-state index contributed by atoms with van der Waals surface area (Å²) in [4.78, 5) is 3.78. The number of pyridine rings is 1. The van der Waals surface area contributed by atoms with Gasteiger partial charge in [0.2, 0.25) is 0 Å². The van der Waals surface area contributed by atoms with Crippen molar-refractivity contribution in [1.29, 1.82) is 0 Å². The van der Waals surface area contributed by atoms with Crippen molar-refractivity contribution in [3.05, 3.63) is 30.6 Å². The van der Waals surface area contributed by atoms with Crippen molar-refractivity contribution in [2.45, 2.75) is 0 Å². The van der Waals surface area contributed by atoms with Crippen LogP contribution in [0.1, 0.15) is 1.43 Å². The van der Waals surface area contributed by atoms with E-state index in [1.165, 1.54) is 0 Å². The molecule has 0 radical (unpaired) electrons. The van der Waals surface area contributed by atoms with Gasteiger partial charge in [0.1, 0.15) is 0 Å². The van der Waals surface area contributed by atoms with Crippen LogP contribution in [0.2, 0.25) is 0 Å². The maximum atomic E-state index is 9.93. The first kappa shape index (κ1) is 12.5. The van der Waals surface area contributed by atoms with Crippen molar-refractivity contribution in [2.75, 3.05) is 0 Å². The summed E-state index contributed by atoms with van der Waals surface area (Å²) < 4.78 is 59.6. The van der Waals surface area contributed by atoms with Gasteiger partial charge in [-0.3, -0.25) is 4.98 Å². The first-order chi connectivity index (χ1) is 5.45. The molecule has 1 aromatic heterocycles. The van der Waals surface area contributed by atoms with Crippen LogP contribution in [0.3, 0.4) is 0 Å². The summed E-state index contributed by atoms with van der Waals surface area (Å²) in [5.41, 5.74) is 0. The van der Waals surface area contributed by atoms with Crippen LogP contribution in [0.25, 0.3) is 0 Å². The Morgan fingerprint density at radius 2 is 1.08 bits per heavy atom. The number of aromatic nitrogens is 1. The largest absolute Gasteiger partial charge is 1.00 e. The zero-order valence-electron chi connectivity index (χ0n) is 7.05. The molecule has 8 heteroatoms. The minimum Gasteiger partial charge on any atom is -0.265 e. The summed E-state index contributed by atoms with van der Waals surface area (Å²) in [7, 11) is 0. The van der Waals surface area contributed by atoms with Crippen LogP contribution >= 0.6 is 0 Å². The topological polar surface area (TPSA) is 12.9 Å². The molecule has 0 bridgehead atoms. The minimum absolute atomic E-state index is 0. The van der Waals surface area contributed by atoms with Crippen molar-refractivity contribution in [3.8, 4) is 0 Å². The van der Waals surface area contributed by atoms with Crippen LogP contribution in [0, 0.1) is 0 Å². The Morgan fingerprint density at radius 1 is 0.769 bits per heavy atom. The molecule has 1 heterocycles. The number of nitrogens with zero attached hydrogens (tertiary/aromatic N) is 1. The minimum atomic E-state index is -11.2. The molecule has 0 aliphatic rings. The fourth-order valence-corrected chi connectivity index (χ4v) is 0.313. The van der Waals surface area contributed by atoms with Gasteiger partial charge in [-0.2, -0.15) is 0 Å². The van der Waals surface area contributed by atoms with Crippen molar-refractivity contribution < 1.29 is 18.3 Å². The van der Waals surface area contributed by atoms with Gasteiger partial charge in [-0.15, -0.1) is 0 Å². The van der Waals surface area contributed by atoms with E-state index in [4.69, 9.17) is 0 Å². The first-order valence-corrected chi connectivity index (χ1v) is 8.65. The second-order valence-electron chi connectivity index (χ2n) is 1.98. The summed E-state index contributed by atoms with van der Waals surface area (Å²) >= 11 is -11.2. The van der Waals surface area contributed by atoms with E-state index in [0.29, 0.717) is 0 Å². The third-order valence-electron chi connectivity index (χ3n) is 0.566. The predicted molar refractivity (Wildman–Crippen MR) is 37.8 cm³/mol. The van der Waals surface area contributed by atoms with Crippen molar-refractivity contribution >= 4 is 19.5 Å². The Balaban J connectivity index is 0. The maximum absolute atomic E-state index is 11.2. The zero-order chi connectivity index (χ0) is 10.7. The van der Waals surface area contributed by atoms with E-state index >= 15 is 0 Å². The molecule has 0 amide bonds. The molecule has 0 unspecified atom stereocenters. The Kier molecular flexibility index (Phi) is 2.94. The van der Waals surface area contributed by atoms with E-state index in [9.17, 15) is 16.9 Å². The Morgan fingerprint density at radius 3 is 1.15 bits per heavy atom. The molecule has 0 saturated carbocycles. The first-order valence-electron chi connectivity index (χ1n) is 2.86. The van der Waals surface area contributed by atoms with Gasteiger partial charge in [0.05, 0.1) is 0 Å². The SMILES string of the molecule is [F][Sb-]([F])([F])([F])([F])[F].[H+].c1ccncc1. The fraction of sp³-hybridized carbons (Fsp3) is 0. The molecule has 0 atom stereocenters. The second-order valence-corrected chi connectivity index (χ2v) is 7.45. The Bertz CT molecular complexity index is 218. The van der Waals surface area contributed by atoms with Gasteiger partial charge < -0.3 is 0 Å². The molecule has 78 valence electrons. The third-order valence-corrected chi connectivity index (χ3v) is 0.566. The van der Waals surface area contributed by atoms with Crippen molar-refractivity contribution in [3.63, 3.8) is 0 Å². The third kappa shape index (κ3) is 34.2. The molecule has 0 fully saturated rings. The second kappa shape index (κ2) is 3.04. The van der Waals surface area contributed by atoms with Gasteiger partial charge in [-0.25, -0.2) is 0 Å². The van der Waals surface area contributed by atoms with Crippen LogP contribution in [-0.4, -0.2) is 24.5 Å². The average molecular weight is 316 g/mol. The molecular formula is C5H6F6NSb. The van der Waals surface area contributed by atoms with Gasteiger partial charge in [0.25, 0.3) is 0 Å². The molecule has 1 rings (SSSR count). The molecular weight excluding hydrogens is 310 g/mol. The number of rotatable bonds is 0. The smallest absolute Gasteiger partial charge is 0.265 e. The molecule has 0 aromatic carbocycles. The fourth-order valence-electron chi connectivity index (χ4n) is 0.313. The Hall–Kier alpha value is -0.452. The molecule has 0 aliphatic carbocycles.